The molecule has 0 fully saturated rings. The number of fused-ring (bicyclic) bond motifs is 1. The van der Waals surface area contributed by atoms with Crippen molar-refractivity contribution in [3.63, 3.8) is 0 Å². The maximum absolute atomic E-state index is 11.2. The summed E-state index contributed by atoms with van der Waals surface area (Å²) in [6.07, 6.45) is 1.26. The Balaban J connectivity index is 2.25. The van der Waals surface area contributed by atoms with Gasteiger partial charge in [-0.1, -0.05) is 36.4 Å². The molecule has 2 aromatic carbocycles. The summed E-state index contributed by atoms with van der Waals surface area (Å²) in [6.45, 7) is 0.407. The molecule has 0 saturated heterocycles. The lowest BCUT2D eigenvalue weighted by molar-refractivity contribution is -0.137. The zero-order chi connectivity index (χ0) is 13.7. The average molecular weight is 257 g/mol. The van der Waals surface area contributed by atoms with Gasteiger partial charge in [0.1, 0.15) is 0 Å². The maximum atomic E-state index is 11.2. The van der Waals surface area contributed by atoms with Crippen molar-refractivity contribution >= 4 is 28.8 Å². The Kier molecular flexibility index (Phi) is 4.13. The second kappa shape index (κ2) is 6.00. The fourth-order valence-electron chi connectivity index (χ4n) is 2.09. The van der Waals surface area contributed by atoms with Crippen molar-refractivity contribution in [2.24, 2.45) is 0 Å². The Labute approximate surface area is 111 Å². The van der Waals surface area contributed by atoms with Crippen molar-refractivity contribution in [3.05, 3.63) is 42.5 Å². The molecule has 0 aliphatic carbocycles. The van der Waals surface area contributed by atoms with Gasteiger partial charge in [-0.05, 0) is 17.9 Å². The van der Waals surface area contributed by atoms with Gasteiger partial charge in [0, 0.05) is 18.4 Å². The molecule has 0 saturated carbocycles. The van der Waals surface area contributed by atoms with Gasteiger partial charge in [-0.25, -0.2) is 0 Å². The second-order valence-corrected chi connectivity index (χ2v) is 4.29. The van der Waals surface area contributed by atoms with Crippen molar-refractivity contribution in [1.29, 1.82) is 0 Å². The molecule has 1 N–H and O–H groups in total. The number of carboxylic acids is 1. The lowest BCUT2D eigenvalue weighted by Crippen LogP contribution is -2.23. The van der Waals surface area contributed by atoms with Crippen LogP contribution in [0.4, 0.5) is 5.69 Å². The fourth-order valence-corrected chi connectivity index (χ4v) is 2.09. The van der Waals surface area contributed by atoms with Gasteiger partial charge in [0.2, 0.25) is 6.41 Å². The Bertz CT molecular complexity index is 589. The van der Waals surface area contributed by atoms with Crippen LogP contribution in [-0.4, -0.2) is 24.0 Å². The minimum atomic E-state index is -0.844. The summed E-state index contributed by atoms with van der Waals surface area (Å²) in [6, 6.07) is 13.6. The highest BCUT2D eigenvalue weighted by molar-refractivity contribution is 5.98. The standard InChI is InChI=1S/C15H15NO3/c17-11-16(10-4-9-15(18)19)14-8-3-6-12-5-1-2-7-13(12)14/h1-3,5-8,11H,4,9-10H2,(H,18,19). The molecule has 1 amide bonds. The van der Waals surface area contributed by atoms with Crippen LogP contribution in [0.25, 0.3) is 10.8 Å². The third-order valence-electron chi connectivity index (χ3n) is 2.99. The minimum Gasteiger partial charge on any atom is -0.481 e. The average Bonchev–Trinajstić information content (AvgIpc) is 2.43. The highest BCUT2D eigenvalue weighted by Crippen LogP contribution is 2.26. The van der Waals surface area contributed by atoms with Crippen molar-refractivity contribution < 1.29 is 14.7 Å². The van der Waals surface area contributed by atoms with E-state index in [-0.39, 0.29) is 6.42 Å². The topological polar surface area (TPSA) is 57.6 Å². The number of carboxylic acid groups (broad SMARTS) is 1. The molecule has 98 valence electrons. The molecule has 0 aliphatic rings. The lowest BCUT2D eigenvalue weighted by Gasteiger charge is -2.19. The number of hydrogen-bond donors (Lipinski definition) is 1. The van der Waals surface area contributed by atoms with Gasteiger partial charge in [0.25, 0.3) is 0 Å². The van der Waals surface area contributed by atoms with Gasteiger partial charge < -0.3 is 10.0 Å². The third kappa shape index (κ3) is 3.10. The van der Waals surface area contributed by atoms with Crippen LogP contribution in [0, 0.1) is 0 Å². The molecule has 0 aliphatic heterocycles. The van der Waals surface area contributed by atoms with Gasteiger partial charge in [-0.2, -0.15) is 0 Å². The highest BCUT2D eigenvalue weighted by Gasteiger charge is 2.09. The van der Waals surface area contributed by atoms with Crippen molar-refractivity contribution in [2.45, 2.75) is 12.8 Å². The van der Waals surface area contributed by atoms with E-state index in [0.29, 0.717) is 13.0 Å². The van der Waals surface area contributed by atoms with E-state index >= 15 is 0 Å². The van der Waals surface area contributed by atoms with Crippen LogP contribution in [-0.2, 0) is 9.59 Å². The summed E-state index contributed by atoms with van der Waals surface area (Å²) in [5.41, 5.74) is 0.818. The molecular weight excluding hydrogens is 242 g/mol. The van der Waals surface area contributed by atoms with Gasteiger partial charge in [-0.3, -0.25) is 9.59 Å². The summed E-state index contributed by atoms with van der Waals surface area (Å²) in [5, 5.41) is 10.7. The zero-order valence-corrected chi connectivity index (χ0v) is 10.5. The summed E-state index contributed by atoms with van der Waals surface area (Å²) in [7, 11) is 0. The first-order valence-electron chi connectivity index (χ1n) is 6.14. The quantitative estimate of drug-likeness (QED) is 0.809. The number of benzene rings is 2. The van der Waals surface area contributed by atoms with E-state index in [1.807, 2.05) is 42.5 Å². The van der Waals surface area contributed by atoms with Crippen LogP contribution in [0.1, 0.15) is 12.8 Å². The van der Waals surface area contributed by atoms with Crippen LogP contribution in [0.5, 0.6) is 0 Å². The van der Waals surface area contributed by atoms with E-state index in [1.165, 1.54) is 0 Å². The molecule has 2 rings (SSSR count). The zero-order valence-electron chi connectivity index (χ0n) is 10.5. The van der Waals surface area contributed by atoms with E-state index in [2.05, 4.69) is 0 Å². The molecular formula is C15H15NO3. The van der Waals surface area contributed by atoms with Crippen LogP contribution in [0.15, 0.2) is 42.5 Å². The van der Waals surface area contributed by atoms with Crippen molar-refractivity contribution in [2.75, 3.05) is 11.4 Å². The van der Waals surface area contributed by atoms with Gasteiger partial charge >= 0.3 is 5.97 Å². The molecule has 0 atom stereocenters. The third-order valence-corrected chi connectivity index (χ3v) is 2.99. The summed E-state index contributed by atoms with van der Waals surface area (Å²) in [4.78, 5) is 23.3. The van der Waals surface area contributed by atoms with E-state index in [0.717, 1.165) is 22.9 Å². The number of rotatable bonds is 6. The smallest absolute Gasteiger partial charge is 0.303 e. The Morgan fingerprint density at radius 2 is 1.89 bits per heavy atom. The monoisotopic (exact) mass is 257 g/mol. The molecule has 0 bridgehead atoms. The molecule has 19 heavy (non-hydrogen) atoms. The molecule has 0 aromatic heterocycles. The number of aliphatic carboxylic acids is 1. The van der Waals surface area contributed by atoms with Crippen molar-refractivity contribution in [1.82, 2.24) is 0 Å². The summed E-state index contributed by atoms with van der Waals surface area (Å²) < 4.78 is 0. The first-order chi connectivity index (χ1) is 9.22. The van der Waals surface area contributed by atoms with Gasteiger partial charge in [0.15, 0.2) is 0 Å². The van der Waals surface area contributed by atoms with Gasteiger partial charge in [-0.15, -0.1) is 0 Å². The van der Waals surface area contributed by atoms with Crippen molar-refractivity contribution in [3.8, 4) is 0 Å². The summed E-state index contributed by atoms with van der Waals surface area (Å²) in [5.74, 6) is -0.844. The van der Waals surface area contributed by atoms with E-state index in [1.54, 1.807) is 4.90 Å². The number of carbonyl (C=O) groups excluding carboxylic acids is 1. The SMILES string of the molecule is O=CN(CCCC(=O)O)c1cccc2ccccc12. The second-order valence-electron chi connectivity index (χ2n) is 4.29. The molecule has 0 spiro atoms. The van der Waals surface area contributed by atoms with Crippen LogP contribution in [0.2, 0.25) is 0 Å². The van der Waals surface area contributed by atoms with Crippen LogP contribution < -0.4 is 4.90 Å². The largest absolute Gasteiger partial charge is 0.481 e. The predicted octanol–water partition coefficient (Wildman–Crippen LogP) is 2.67. The first kappa shape index (κ1) is 13.1. The molecule has 0 radical (unpaired) electrons. The van der Waals surface area contributed by atoms with Gasteiger partial charge in [0.05, 0.1) is 5.69 Å². The molecule has 4 heteroatoms. The first-order valence-corrected chi connectivity index (χ1v) is 6.14. The maximum Gasteiger partial charge on any atom is 0.303 e. The number of nitrogens with zero attached hydrogens (tertiary/aromatic N) is 1. The summed E-state index contributed by atoms with van der Waals surface area (Å²) >= 11 is 0. The van der Waals surface area contributed by atoms with Crippen LogP contribution in [0.3, 0.4) is 0 Å². The highest BCUT2D eigenvalue weighted by atomic mass is 16.4. The van der Waals surface area contributed by atoms with E-state index < -0.39 is 5.97 Å². The molecule has 2 aromatic rings. The molecule has 0 heterocycles. The number of carbonyl (C=O) groups is 2. The predicted molar refractivity (Wildman–Crippen MR) is 74.2 cm³/mol. The Hall–Kier alpha value is -2.36. The van der Waals surface area contributed by atoms with E-state index in [9.17, 15) is 9.59 Å². The van der Waals surface area contributed by atoms with Crippen LogP contribution >= 0.6 is 0 Å². The Morgan fingerprint density at radius 3 is 2.63 bits per heavy atom. The number of amides is 1. The normalized spacial score (nSPS) is 10.3. The number of anilines is 1. The lowest BCUT2D eigenvalue weighted by atomic mass is 10.1. The van der Waals surface area contributed by atoms with E-state index in [4.69, 9.17) is 5.11 Å². The number of hydrogen-bond acceptors (Lipinski definition) is 2. The Morgan fingerprint density at radius 1 is 1.16 bits per heavy atom. The molecule has 4 nitrogen and oxygen atoms in total. The minimum absolute atomic E-state index is 0.0646. The fraction of sp³-hybridized carbons (Fsp3) is 0.200. The molecule has 0 unspecified atom stereocenters.